The smallest absolute Gasteiger partial charge is 0.124 e. The number of benzene rings is 1. The molecule has 2 rings (SSSR count). The van der Waals surface area contributed by atoms with Crippen LogP contribution in [0.2, 0.25) is 0 Å². The van der Waals surface area contributed by atoms with Gasteiger partial charge < -0.3 is 10.1 Å². The number of pyridine rings is 1. The average molecular weight is 284 g/mol. The number of hydrogen-bond donors (Lipinski definition) is 1. The molecule has 1 aromatic carbocycles. The summed E-state index contributed by atoms with van der Waals surface area (Å²) in [5.74, 6) is 0.940. The van der Waals surface area contributed by atoms with Crippen molar-refractivity contribution in [1.82, 2.24) is 10.3 Å². The normalized spacial score (nSPS) is 12.4. The number of nitrogens with zero attached hydrogens (tertiary/aromatic N) is 1. The lowest BCUT2D eigenvalue weighted by Gasteiger charge is -2.24. The number of aryl methyl sites for hydroxylation is 1. The molecule has 0 bridgehead atoms. The fourth-order valence-electron chi connectivity index (χ4n) is 2.48. The molecule has 0 amide bonds. The fraction of sp³-hybridized carbons (Fsp3) is 0.389. The molecule has 112 valence electrons. The van der Waals surface area contributed by atoms with E-state index in [4.69, 9.17) is 4.74 Å². The van der Waals surface area contributed by atoms with Gasteiger partial charge in [0, 0.05) is 18.0 Å². The van der Waals surface area contributed by atoms with Crippen molar-refractivity contribution in [2.24, 2.45) is 0 Å². The van der Waals surface area contributed by atoms with Crippen LogP contribution in [-0.2, 0) is 0 Å². The van der Waals surface area contributed by atoms with Crippen LogP contribution in [0.15, 0.2) is 42.7 Å². The van der Waals surface area contributed by atoms with Gasteiger partial charge in [0.05, 0.1) is 12.1 Å². The number of para-hydroxylation sites is 1. The van der Waals surface area contributed by atoms with Crippen molar-refractivity contribution in [1.29, 1.82) is 0 Å². The second-order valence-corrected chi connectivity index (χ2v) is 5.43. The van der Waals surface area contributed by atoms with Crippen molar-refractivity contribution in [2.45, 2.75) is 39.8 Å². The highest BCUT2D eigenvalue weighted by atomic mass is 16.5. The molecule has 1 unspecified atom stereocenters. The lowest BCUT2D eigenvalue weighted by molar-refractivity contribution is 0.238. The Balaban J connectivity index is 2.46. The predicted molar refractivity (Wildman–Crippen MR) is 86.7 cm³/mol. The first-order valence-electron chi connectivity index (χ1n) is 7.53. The Morgan fingerprint density at radius 3 is 2.57 bits per heavy atom. The topological polar surface area (TPSA) is 34.2 Å². The summed E-state index contributed by atoms with van der Waals surface area (Å²) in [6.45, 7) is 9.21. The predicted octanol–water partition coefficient (Wildman–Crippen LogP) is 3.88. The summed E-state index contributed by atoms with van der Waals surface area (Å²) in [7, 11) is 0. The van der Waals surface area contributed by atoms with Gasteiger partial charge in [0.15, 0.2) is 0 Å². The molecular formula is C18H24N2O. The zero-order valence-electron chi connectivity index (χ0n) is 13.3. The lowest BCUT2D eigenvalue weighted by Crippen LogP contribution is -2.24. The molecule has 1 aromatic heterocycles. The van der Waals surface area contributed by atoms with Gasteiger partial charge in [-0.2, -0.15) is 0 Å². The molecule has 21 heavy (non-hydrogen) atoms. The molecule has 0 fully saturated rings. The number of aromatic nitrogens is 1. The van der Waals surface area contributed by atoms with E-state index in [1.165, 1.54) is 16.7 Å². The van der Waals surface area contributed by atoms with Crippen LogP contribution in [0.25, 0.3) is 0 Å². The van der Waals surface area contributed by atoms with Gasteiger partial charge in [0.1, 0.15) is 5.75 Å². The number of rotatable bonds is 6. The first kappa shape index (κ1) is 15.5. The van der Waals surface area contributed by atoms with Crippen molar-refractivity contribution in [3.05, 3.63) is 59.4 Å². The minimum absolute atomic E-state index is 0.118. The third-order valence-electron chi connectivity index (χ3n) is 3.38. The van der Waals surface area contributed by atoms with Crippen LogP contribution in [0, 0.1) is 6.92 Å². The maximum absolute atomic E-state index is 5.98. The molecule has 1 heterocycles. The standard InChI is InChI=1S/C18H24N2O/c1-5-20-18(15-10-11-19-12-14(15)4)16-8-6-7-9-17(16)21-13(2)3/h6-13,18,20H,5H2,1-4H3. The third-order valence-corrected chi connectivity index (χ3v) is 3.38. The Bertz CT molecular complexity index is 581. The van der Waals surface area contributed by atoms with Gasteiger partial charge in [0.25, 0.3) is 0 Å². The summed E-state index contributed by atoms with van der Waals surface area (Å²) in [6, 6.07) is 10.4. The summed E-state index contributed by atoms with van der Waals surface area (Å²) < 4.78 is 5.98. The highest BCUT2D eigenvalue weighted by Crippen LogP contribution is 2.31. The molecule has 0 saturated heterocycles. The molecule has 1 N–H and O–H groups in total. The molecule has 3 heteroatoms. The summed E-state index contributed by atoms with van der Waals surface area (Å²) in [4.78, 5) is 4.19. The third kappa shape index (κ3) is 3.82. The maximum Gasteiger partial charge on any atom is 0.124 e. The van der Waals surface area contributed by atoms with Crippen LogP contribution in [0.3, 0.4) is 0 Å². The summed E-state index contributed by atoms with van der Waals surface area (Å²) in [6.07, 6.45) is 3.91. The highest BCUT2D eigenvalue weighted by molar-refractivity contribution is 5.43. The minimum atomic E-state index is 0.118. The van der Waals surface area contributed by atoms with Crippen LogP contribution >= 0.6 is 0 Å². The van der Waals surface area contributed by atoms with E-state index >= 15 is 0 Å². The first-order chi connectivity index (χ1) is 10.1. The summed E-state index contributed by atoms with van der Waals surface area (Å²) >= 11 is 0. The zero-order valence-corrected chi connectivity index (χ0v) is 13.3. The molecule has 0 radical (unpaired) electrons. The number of ether oxygens (including phenoxy) is 1. The zero-order chi connectivity index (χ0) is 15.2. The van der Waals surface area contributed by atoms with Gasteiger partial charge in [-0.1, -0.05) is 25.1 Å². The van der Waals surface area contributed by atoms with Gasteiger partial charge in [0.2, 0.25) is 0 Å². The fourth-order valence-corrected chi connectivity index (χ4v) is 2.48. The van der Waals surface area contributed by atoms with E-state index in [1.54, 1.807) is 0 Å². The van der Waals surface area contributed by atoms with Crippen LogP contribution in [0.4, 0.5) is 0 Å². The molecule has 0 aliphatic carbocycles. The molecule has 2 aromatic rings. The number of hydrogen-bond acceptors (Lipinski definition) is 3. The summed E-state index contributed by atoms with van der Waals surface area (Å²) in [5.41, 5.74) is 3.59. The second-order valence-electron chi connectivity index (χ2n) is 5.43. The van der Waals surface area contributed by atoms with E-state index in [1.807, 2.05) is 24.5 Å². The van der Waals surface area contributed by atoms with Gasteiger partial charge in [-0.3, -0.25) is 4.98 Å². The molecule has 0 aliphatic heterocycles. The van der Waals surface area contributed by atoms with Crippen LogP contribution in [0.5, 0.6) is 5.75 Å². The van der Waals surface area contributed by atoms with Crippen molar-refractivity contribution in [3.8, 4) is 5.75 Å². The van der Waals surface area contributed by atoms with Crippen molar-refractivity contribution in [3.63, 3.8) is 0 Å². The van der Waals surface area contributed by atoms with Gasteiger partial charge in [-0.25, -0.2) is 0 Å². The van der Waals surface area contributed by atoms with E-state index in [9.17, 15) is 0 Å². The van der Waals surface area contributed by atoms with Gasteiger partial charge in [-0.15, -0.1) is 0 Å². The van der Waals surface area contributed by atoms with Crippen LogP contribution in [0.1, 0.15) is 43.5 Å². The van der Waals surface area contributed by atoms with Gasteiger partial charge >= 0.3 is 0 Å². The highest BCUT2D eigenvalue weighted by Gasteiger charge is 2.19. The quantitative estimate of drug-likeness (QED) is 0.874. The molecule has 0 aliphatic rings. The molecule has 3 nitrogen and oxygen atoms in total. The Morgan fingerprint density at radius 1 is 1.14 bits per heavy atom. The van der Waals surface area contributed by atoms with Crippen molar-refractivity contribution < 1.29 is 4.74 Å². The van der Waals surface area contributed by atoms with Crippen LogP contribution < -0.4 is 10.1 Å². The Labute approximate surface area is 127 Å². The van der Waals surface area contributed by atoms with Gasteiger partial charge in [-0.05, 0) is 50.6 Å². The van der Waals surface area contributed by atoms with E-state index in [0.717, 1.165) is 12.3 Å². The maximum atomic E-state index is 5.98. The van der Waals surface area contributed by atoms with Crippen molar-refractivity contribution >= 4 is 0 Å². The lowest BCUT2D eigenvalue weighted by atomic mass is 9.95. The molecule has 0 saturated carbocycles. The second kappa shape index (κ2) is 7.23. The molecule has 1 atom stereocenters. The van der Waals surface area contributed by atoms with Crippen molar-refractivity contribution in [2.75, 3.05) is 6.54 Å². The van der Waals surface area contributed by atoms with E-state index in [0.29, 0.717) is 0 Å². The SMILES string of the molecule is CCNC(c1ccncc1C)c1ccccc1OC(C)C. The Kier molecular flexibility index (Phi) is 5.34. The van der Waals surface area contributed by atoms with E-state index < -0.39 is 0 Å². The first-order valence-corrected chi connectivity index (χ1v) is 7.53. The van der Waals surface area contributed by atoms with E-state index in [-0.39, 0.29) is 12.1 Å². The average Bonchev–Trinajstić information content (AvgIpc) is 2.46. The Hall–Kier alpha value is -1.87. The minimum Gasteiger partial charge on any atom is -0.491 e. The molecule has 0 spiro atoms. The summed E-state index contributed by atoms with van der Waals surface area (Å²) in [5, 5.41) is 3.56. The molecular weight excluding hydrogens is 260 g/mol. The number of nitrogens with one attached hydrogen (secondary N) is 1. The largest absolute Gasteiger partial charge is 0.491 e. The van der Waals surface area contributed by atoms with E-state index in [2.05, 4.69) is 56.2 Å². The Morgan fingerprint density at radius 2 is 1.90 bits per heavy atom. The monoisotopic (exact) mass is 284 g/mol. The van der Waals surface area contributed by atoms with Crippen LogP contribution in [-0.4, -0.2) is 17.6 Å².